The van der Waals surface area contributed by atoms with Crippen molar-refractivity contribution in [1.29, 1.82) is 0 Å². The molecule has 1 aliphatic carbocycles. The van der Waals surface area contributed by atoms with Gasteiger partial charge in [-0.05, 0) is 18.8 Å². The van der Waals surface area contributed by atoms with Crippen molar-refractivity contribution < 1.29 is 14.8 Å². The highest BCUT2D eigenvalue weighted by molar-refractivity contribution is 6.34. The van der Waals surface area contributed by atoms with E-state index in [0.717, 1.165) is 18.9 Å². The summed E-state index contributed by atoms with van der Waals surface area (Å²) in [5, 5.41) is 20.0. The van der Waals surface area contributed by atoms with Gasteiger partial charge in [0.25, 0.3) is 5.69 Å². The number of aromatic carboxylic acids is 1. The van der Waals surface area contributed by atoms with Gasteiger partial charge in [-0.15, -0.1) is 0 Å². The molecule has 0 aliphatic heterocycles. The fourth-order valence-electron chi connectivity index (χ4n) is 2.02. The topological polar surface area (TPSA) is 83.7 Å². The number of carboxylic acids is 1. The molecule has 0 spiro atoms. The molecule has 19 heavy (non-hydrogen) atoms. The van der Waals surface area contributed by atoms with E-state index in [2.05, 4.69) is 0 Å². The molecule has 0 atom stereocenters. The molecule has 102 valence electrons. The molecule has 0 saturated heterocycles. The Balaban J connectivity index is 2.44. The first kappa shape index (κ1) is 13.6. The number of benzene rings is 1. The van der Waals surface area contributed by atoms with E-state index in [-0.39, 0.29) is 16.3 Å². The number of nitro groups is 1. The van der Waals surface area contributed by atoms with Crippen LogP contribution in [-0.2, 0) is 0 Å². The maximum absolute atomic E-state index is 11.2. The maximum atomic E-state index is 11.2. The van der Waals surface area contributed by atoms with Gasteiger partial charge in [0.2, 0.25) is 0 Å². The fourth-order valence-corrected chi connectivity index (χ4v) is 2.38. The number of hydrogen-bond acceptors (Lipinski definition) is 4. The van der Waals surface area contributed by atoms with Crippen LogP contribution in [-0.4, -0.2) is 29.6 Å². The van der Waals surface area contributed by atoms with Crippen molar-refractivity contribution in [3.8, 4) is 0 Å². The van der Waals surface area contributed by atoms with E-state index in [0.29, 0.717) is 18.2 Å². The lowest BCUT2D eigenvalue weighted by molar-refractivity contribution is -0.384. The molecule has 7 heteroatoms. The van der Waals surface area contributed by atoms with Crippen LogP contribution in [0.2, 0.25) is 5.02 Å². The van der Waals surface area contributed by atoms with Crippen molar-refractivity contribution in [1.82, 2.24) is 0 Å². The maximum Gasteiger partial charge on any atom is 0.338 e. The SMILES string of the molecule is CN(CC1CC1)c1c(Cl)cc([N+](=O)[O-])cc1C(=O)O. The van der Waals surface area contributed by atoms with Gasteiger partial charge in [-0.1, -0.05) is 11.6 Å². The van der Waals surface area contributed by atoms with Crippen molar-refractivity contribution in [2.75, 3.05) is 18.5 Å². The minimum absolute atomic E-state index is 0.0924. The molecule has 0 bridgehead atoms. The van der Waals surface area contributed by atoms with Crippen molar-refractivity contribution >= 4 is 28.9 Å². The summed E-state index contributed by atoms with van der Waals surface area (Å²) in [6.45, 7) is 0.706. The number of rotatable bonds is 5. The second-order valence-electron chi connectivity index (χ2n) is 4.71. The van der Waals surface area contributed by atoms with Gasteiger partial charge in [0.05, 0.1) is 21.2 Å². The van der Waals surface area contributed by atoms with Crippen LogP contribution in [0.25, 0.3) is 0 Å². The highest BCUT2D eigenvalue weighted by atomic mass is 35.5. The molecule has 0 aromatic heterocycles. The summed E-state index contributed by atoms with van der Waals surface area (Å²) in [4.78, 5) is 23.1. The highest BCUT2D eigenvalue weighted by Gasteiger charge is 2.27. The van der Waals surface area contributed by atoms with Crippen LogP contribution in [0.15, 0.2) is 12.1 Å². The summed E-state index contributed by atoms with van der Waals surface area (Å²) in [5.74, 6) is -0.666. The van der Waals surface area contributed by atoms with Crippen LogP contribution in [0, 0.1) is 16.0 Å². The smallest absolute Gasteiger partial charge is 0.338 e. The molecule has 1 aromatic rings. The number of non-ortho nitro benzene ring substituents is 1. The van der Waals surface area contributed by atoms with Crippen molar-refractivity contribution in [2.45, 2.75) is 12.8 Å². The quantitative estimate of drug-likeness (QED) is 0.664. The zero-order valence-corrected chi connectivity index (χ0v) is 11.1. The van der Waals surface area contributed by atoms with Gasteiger partial charge in [-0.25, -0.2) is 4.79 Å². The molecule has 1 aliphatic rings. The van der Waals surface area contributed by atoms with E-state index in [1.807, 2.05) is 0 Å². The lowest BCUT2D eigenvalue weighted by Gasteiger charge is -2.22. The Morgan fingerprint density at radius 1 is 1.58 bits per heavy atom. The molecule has 2 rings (SSSR count). The fraction of sp³-hybridized carbons (Fsp3) is 0.417. The average Bonchev–Trinajstić information content (AvgIpc) is 3.11. The summed E-state index contributed by atoms with van der Waals surface area (Å²) in [7, 11) is 1.75. The molecule has 0 heterocycles. The van der Waals surface area contributed by atoms with E-state index in [4.69, 9.17) is 11.6 Å². The molecule has 1 saturated carbocycles. The molecule has 6 nitrogen and oxygen atoms in total. The largest absolute Gasteiger partial charge is 0.478 e. The number of halogens is 1. The number of nitro benzene ring substituents is 1. The number of anilines is 1. The third kappa shape index (κ3) is 2.96. The molecule has 1 N–H and O–H groups in total. The first-order valence-electron chi connectivity index (χ1n) is 5.82. The summed E-state index contributed by atoms with van der Waals surface area (Å²) in [5.41, 5.74) is -0.111. The lowest BCUT2D eigenvalue weighted by atomic mass is 10.1. The van der Waals surface area contributed by atoms with Gasteiger partial charge in [0.15, 0.2) is 0 Å². The van der Waals surface area contributed by atoms with Crippen LogP contribution in [0.5, 0.6) is 0 Å². The van der Waals surface area contributed by atoms with Crippen molar-refractivity contribution in [2.24, 2.45) is 5.92 Å². The molecule has 0 amide bonds. The Kier molecular flexibility index (Phi) is 3.61. The van der Waals surface area contributed by atoms with Crippen LogP contribution in [0.1, 0.15) is 23.2 Å². The van der Waals surface area contributed by atoms with Gasteiger partial charge in [-0.2, -0.15) is 0 Å². The van der Waals surface area contributed by atoms with E-state index in [1.54, 1.807) is 11.9 Å². The zero-order chi connectivity index (χ0) is 14.2. The summed E-state index contributed by atoms with van der Waals surface area (Å²) < 4.78 is 0. The second-order valence-corrected chi connectivity index (χ2v) is 5.12. The first-order valence-corrected chi connectivity index (χ1v) is 6.20. The predicted octanol–water partition coefficient (Wildman–Crippen LogP) is 2.79. The predicted molar refractivity (Wildman–Crippen MR) is 71.1 cm³/mol. The Bertz CT molecular complexity index is 543. The van der Waals surface area contributed by atoms with E-state index < -0.39 is 10.9 Å². The number of hydrogen-bond donors (Lipinski definition) is 1. The monoisotopic (exact) mass is 284 g/mol. The molecule has 1 aromatic carbocycles. The van der Waals surface area contributed by atoms with Gasteiger partial charge < -0.3 is 10.0 Å². The van der Waals surface area contributed by atoms with E-state index >= 15 is 0 Å². The van der Waals surface area contributed by atoms with Crippen LogP contribution in [0.4, 0.5) is 11.4 Å². The number of nitrogens with zero attached hydrogens (tertiary/aromatic N) is 2. The average molecular weight is 285 g/mol. The zero-order valence-electron chi connectivity index (χ0n) is 10.3. The van der Waals surface area contributed by atoms with Crippen LogP contribution in [0.3, 0.4) is 0 Å². The molecule has 0 unspecified atom stereocenters. The summed E-state index contributed by atoms with van der Waals surface area (Å²) in [6.07, 6.45) is 2.24. The summed E-state index contributed by atoms with van der Waals surface area (Å²) in [6, 6.07) is 2.24. The Morgan fingerprint density at radius 3 is 2.68 bits per heavy atom. The molecular formula is C12H13ClN2O4. The molecular weight excluding hydrogens is 272 g/mol. The number of carboxylic acid groups (broad SMARTS) is 1. The third-order valence-electron chi connectivity index (χ3n) is 3.10. The van der Waals surface area contributed by atoms with Gasteiger partial charge >= 0.3 is 5.97 Å². The highest BCUT2D eigenvalue weighted by Crippen LogP contribution is 2.37. The Morgan fingerprint density at radius 2 is 2.21 bits per heavy atom. The second kappa shape index (κ2) is 5.05. The first-order chi connectivity index (χ1) is 8.90. The lowest BCUT2D eigenvalue weighted by Crippen LogP contribution is -2.23. The summed E-state index contributed by atoms with van der Waals surface area (Å²) >= 11 is 6.01. The number of carbonyl (C=O) groups is 1. The third-order valence-corrected chi connectivity index (χ3v) is 3.39. The Hall–Kier alpha value is -1.82. The van der Waals surface area contributed by atoms with E-state index in [1.165, 1.54) is 6.07 Å². The normalized spacial score (nSPS) is 14.2. The van der Waals surface area contributed by atoms with Gasteiger partial charge in [-0.3, -0.25) is 10.1 Å². The van der Waals surface area contributed by atoms with Crippen molar-refractivity contribution in [3.05, 3.63) is 32.8 Å². The standard InChI is InChI=1S/C12H13ClN2O4/c1-14(6-7-2-3-7)11-9(12(16)17)4-8(15(18)19)5-10(11)13/h4-5,7H,2-3,6H2,1H3,(H,16,17). The van der Waals surface area contributed by atoms with Crippen LogP contribution >= 0.6 is 11.6 Å². The minimum Gasteiger partial charge on any atom is -0.478 e. The van der Waals surface area contributed by atoms with Gasteiger partial charge in [0.1, 0.15) is 0 Å². The van der Waals surface area contributed by atoms with Crippen LogP contribution < -0.4 is 4.90 Å². The molecule has 0 radical (unpaired) electrons. The Labute approximate surface area is 114 Å². The van der Waals surface area contributed by atoms with E-state index in [9.17, 15) is 20.0 Å². The molecule has 1 fully saturated rings. The van der Waals surface area contributed by atoms with Gasteiger partial charge in [0, 0.05) is 25.7 Å². The van der Waals surface area contributed by atoms with Crippen molar-refractivity contribution in [3.63, 3.8) is 0 Å². The minimum atomic E-state index is -1.22.